The first-order valence-corrected chi connectivity index (χ1v) is 9.65. The summed E-state index contributed by atoms with van der Waals surface area (Å²) in [6.45, 7) is 6.89. The van der Waals surface area contributed by atoms with Crippen molar-refractivity contribution in [3.63, 3.8) is 0 Å². The second-order valence-corrected chi connectivity index (χ2v) is 8.19. The van der Waals surface area contributed by atoms with Crippen LogP contribution in [-0.4, -0.2) is 41.6 Å². The van der Waals surface area contributed by atoms with E-state index in [4.69, 9.17) is 5.73 Å². The molecule has 2 heterocycles. The van der Waals surface area contributed by atoms with Crippen molar-refractivity contribution in [1.82, 2.24) is 14.1 Å². The molecule has 0 unspecified atom stereocenters. The fourth-order valence-corrected chi connectivity index (χ4v) is 5.41. The summed E-state index contributed by atoms with van der Waals surface area (Å²) in [7, 11) is -3.59. The van der Waals surface area contributed by atoms with Crippen LogP contribution in [0.3, 0.4) is 0 Å². The molecule has 24 heavy (non-hydrogen) atoms. The third kappa shape index (κ3) is 2.76. The van der Waals surface area contributed by atoms with Crippen molar-refractivity contribution in [2.24, 2.45) is 5.73 Å². The maximum atomic E-state index is 13.1. The Hall–Kier alpha value is -1.70. The highest BCUT2D eigenvalue weighted by atomic mass is 32.2. The van der Waals surface area contributed by atoms with Gasteiger partial charge in [-0.25, -0.2) is 8.42 Å². The highest BCUT2D eigenvalue weighted by Gasteiger charge is 2.40. The van der Waals surface area contributed by atoms with E-state index >= 15 is 0 Å². The van der Waals surface area contributed by atoms with E-state index < -0.39 is 10.0 Å². The molecule has 1 aliphatic rings. The van der Waals surface area contributed by atoms with E-state index in [1.807, 2.05) is 37.3 Å². The summed E-state index contributed by atoms with van der Waals surface area (Å²) < 4.78 is 29.5. The van der Waals surface area contributed by atoms with Crippen LogP contribution in [0.5, 0.6) is 0 Å². The standard InChI is InChI=1S/C17H24N4O2S/c1-4-21-13(3)17(12(2)19-21)24(22,23)20-10-15(16(18)11-20)14-8-6-5-7-9-14/h5-9,15-16H,4,10-11,18H2,1-3H3/t15-,16+/m0/s1. The summed E-state index contributed by atoms with van der Waals surface area (Å²) in [5, 5.41) is 4.34. The number of nitrogens with two attached hydrogens (primary N) is 1. The number of sulfonamides is 1. The Morgan fingerprint density at radius 2 is 1.88 bits per heavy atom. The molecule has 1 aliphatic heterocycles. The first-order chi connectivity index (χ1) is 11.4. The van der Waals surface area contributed by atoms with Gasteiger partial charge in [-0.15, -0.1) is 0 Å². The molecule has 6 nitrogen and oxygen atoms in total. The molecule has 0 spiro atoms. The van der Waals surface area contributed by atoms with Gasteiger partial charge in [-0.2, -0.15) is 9.40 Å². The summed E-state index contributed by atoms with van der Waals surface area (Å²) in [5.41, 5.74) is 8.57. The Morgan fingerprint density at radius 1 is 1.21 bits per heavy atom. The van der Waals surface area contributed by atoms with Crippen molar-refractivity contribution in [2.75, 3.05) is 13.1 Å². The fraction of sp³-hybridized carbons (Fsp3) is 0.471. The normalized spacial score (nSPS) is 22.2. The SMILES string of the molecule is CCn1nc(C)c(S(=O)(=O)N2C[C@@H](N)[C@H](c3ccccc3)C2)c1C. The van der Waals surface area contributed by atoms with Gasteiger partial charge in [0.25, 0.3) is 0 Å². The minimum Gasteiger partial charge on any atom is -0.326 e. The van der Waals surface area contributed by atoms with Crippen molar-refractivity contribution in [1.29, 1.82) is 0 Å². The molecule has 2 aromatic rings. The lowest BCUT2D eigenvalue weighted by Crippen LogP contribution is -2.32. The predicted molar refractivity (Wildman–Crippen MR) is 93.3 cm³/mol. The van der Waals surface area contributed by atoms with E-state index in [9.17, 15) is 8.42 Å². The second kappa shape index (κ2) is 6.31. The molecule has 1 aromatic heterocycles. The Labute approximate surface area is 143 Å². The van der Waals surface area contributed by atoms with Crippen LogP contribution in [0.4, 0.5) is 0 Å². The molecule has 1 fully saturated rings. The number of benzene rings is 1. The quantitative estimate of drug-likeness (QED) is 0.911. The van der Waals surface area contributed by atoms with E-state index in [1.54, 1.807) is 18.5 Å². The average molecular weight is 348 g/mol. The van der Waals surface area contributed by atoms with Gasteiger partial charge >= 0.3 is 0 Å². The molecule has 7 heteroatoms. The van der Waals surface area contributed by atoms with E-state index in [1.165, 1.54) is 4.31 Å². The third-order valence-electron chi connectivity index (χ3n) is 4.77. The summed E-state index contributed by atoms with van der Waals surface area (Å²) in [5.74, 6) is 0.0165. The summed E-state index contributed by atoms with van der Waals surface area (Å²) in [4.78, 5) is 0.324. The molecule has 3 rings (SSSR count). The zero-order valence-electron chi connectivity index (χ0n) is 14.3. The highest BCUT2D eigenvalue weighted by molar-refractivity contribution is 7.89. The van der Waals surface area contributed by atoms with Crippen LogP contribution in [0.15, 0.2) is 35.2 Å². The molecule has 1 saturated heterocycles. The Morgan fingerprint density at radius 3 is 2.46 bits per heavy atom. The Bertz CT molecular complexity index is 830. The molecule has 130 valence electrons. The smallest absolute Gasteiger partial charge is 0.246 e. The summed E-state index contributed by atoms with van der Waals surface area (Å²) in [6.07, 6.45) is 0. The minimum absolute atomic E-state index is 0.0165. The summed E-state index contributed by atoms with van der Waals surface area (Å²) >= 11 is 0. The zero-order valence-corrected chi connectivity index (χ0v) is 15.1. The first-order valence-electron chi connectivity index (χ1n) is 8.21. The highest BCUT2D eigenvalue weighted by Crippen LogP contribution is 2.32. The first kappa shape index (κ1) is 17.1. The van der Waals surface area contributed by atoms with Gasteiger partial charge in [0.2, 0.25) is 10.0 Å². The predicted octanol–water partition coefficient (Wildman–Crippen LogP) is 1.64. The van der Waals surface area contributed by atoms with Crippen molar-refractivity contribution in [3.05, 3.63) is 47.3 Å². The van der Waals surface area contributed by atoms with E-state index in [2.05, 4.69) is 5.10 Å². The van der Waals surface area contributed by atoms with Gasteiger partial charge in [-0.1, -0.05) is 30.3 Å². The van der Waals surface area contributed by atoms with Crippen molar-refractivity contribution < 1.29 is 8.42 Å². The van der Waals surface area contributed by atoms with Crippen LogP contribution in [0, 0.1) is 13.8 Å². The number of hydrogen-bond acceptors (Lipinski definition) is 4. The Kier molecular flexibility index (Phi) is 4.50. The molecular formula is C17H24N4O2S. The van der Waals surface area contributed by atoms with Crippen LogP contribution in [0.2, 0.25) is 0 Å². The third-order valence-corrected chi connectivity index (χ3v) is 6.86. The van der Waals surface area contributed by atoms with Gasteiger partial charge in [0.05, 0.1) is 11.4 Å². The molecule has 1 aromatic carbocycles. The van der Waals surface area contributed by atoms with Crippen molar-refractivity contribution in [2.45, 2.75) is 44.2 Å². The molecule has 0 amide bonds. The lowest BCUT2D eigenvalue weighted by atomic mass is 9.95. The zero-order chi connectivity index (χ0) is 17.5. The van der Waals surface area contributed by atoms with Crippen LogP contribution in [0.25, 0.3) is 0 Å². The number of aromatic nitrogens is 2. The minimum atomic E-state index is -3.59. The van der Waals surface area contributed by atoms with Crippen LogP contribution in [0.1, 0.15) is 29.8 Å². The average Bonchev–Trinajstić information content (AvgIpc) is 3.08. The molecule has 2 atom stereocenters. The molecule has 0 radical (unpaired) electrons. The molecule has 0 bridgehead atoms. The Balaban J connectivity index is 1.94. The second-order valence-electron chi connectivity index (χ2n) is 6.32. The molecule has 0 aliphatic carbocycles. The van der Waals surface area contributed by atoms with Gasteiger partial charge in [0.15, 0.2) is 0 Å². The molecule has 2 N–H and O–H groups in total. The maximum absolute atomic E-state index is 13.1. The van der Waals surface area contributed by atoms with Gasteiger partial charge < -0.3 is 5.73 Å². The van der Waals surface area contributed by atoms with E-state index in [-0.39, 0.29) is 12.0 Å². The largest absolute Gasteiger partial charge is 0.326 e. The van der Waals surface area contributed by atoms with Gasteiger partial charge in [0.1, 0.15) is 4.90 Å². The van der Waals surface area contributed by atoms with E-state index in [0.29, 0.717) is 35.9 Å². The van der Waals surface area contributed by atoms with Crippen LogP contribution < -0.4 is 5.73 Å². The van der Waals surface area contributed by atoms with Gasteiger partial charge in [0, 0.05) is 31.6 Å². The maximum Gasteiger partial charge on any atom is 0.246 e. The van der Waals surface area contributed by atoms with Crippen molar-refractivity contribution in [3.8, 4) is 0 Å². The van der Waals surface area contributed by atoms with Gasteiger partial charge in [-0.3, -0.25) is 4.68 Å². The summed E-state index contributed by atoms with van der Waals surface area (Å²) in [6, 6.07) is 9.67. The number of nitrogens with zero attached hydrogens (tertiary/aromatic N) is 3. The monoisotopic (exact) mass is 348 g/mol. The van der Waals surface area contributed by atoms with Gasteiger partial charge in [-0.05, 0) is 26.3 Å². The number of hydrogen-bond donors (Lipinski definition) is 1. The lowest BCUT2D eigenvalue weighted by Gasteiger charge is -2.17. The number of aryl methyl sites for hydroxylation is 2. The number of rotatable bonds is 4. The lowest BCUT2D eigenvalue weighted by molar-refractivity contribution is 0.469. The molecular weight excluding hydrogens is 324 g/mol. The fourth-order valence-electron chi connectivity index (χ4n) is 3.53. The van der Waals surface area contributed by atoms with Crippen LogP contribution in [-0.2, 0) is 16.6 Å². The topological polar surface area (TPSA) is 81.2 Å². The van der Waals surface area contributed by atoms with E-state index in [0.717, 1.165) is 5.56 Å². The van der Waals surface area contributed by atoms with Crippen LogP contribution >= 0.6 is 0 Å². The van der Waals surface area contributed by atoms with Crippen molar-refractivity contribution >= 4 is 10.0 Å². The molecule has 0 saturated carbocycles.